The van der Waals surface area contributed by atoms with Crippen LogP contribution in [0.3, 0.4) is 0 Å². The Morgan fingerprint density at radius 2 is 0.804 bits per heavy atom. The number of piperazine rings is 1. The molecule has 1 heterocycles. The van der Waals surface area contributed by atoms with Crippen LogP contribution in [0, 0.1) is 0 Å². The Balaban J connectivity index is 1.27. The molecule has 5 aromatic carbocycles. The highest BCUT2D eigenvalue weighted by Crippen LogP contribution is 2.41. The van der Waals surface area contributed by atoms with Crippen LogP contribution in [0.25, 0.3) is 0 Å². The molecule has 0 unspecified atom stereocenters. The van der Waals surface area contributed by atoms with Gasteiger partial charge in [-0.05, 0) is 41.0 Å². The minimum atomic E-state index is -0.157. The van der Waals surface area contributed by atoms with Crippen molar-refractivity contribution in [1.82, 2.24) is 9.80 Å². The van der Waals surface area contributed by atoms with E-state index in [-0.39, 0.29) is 11.8 Å². The van der Waals surface area contributed by atoms with Crippen molar-refractivity contribution in [3.8, 4) is 17.2 Å². The van der Waals surface area contributed by atoms with E-state index in [2.05, 4.69) is 0 Å². The molecule has 0 atom stereocenters. The third-order valence-electron chi connectivity index (χ3n) is 7.84. The largest absolute Gasteiger partial charge is 0.485 e. The highest BCUT2D eigenvalue weighted by atomic mass is 16.5. The number of carbonyl (C=O) groups is 2. The molecule has 0 aromatic heterocycles. The molecule has 46 heavy (non-hydrogen) atoms. The number of carbonyl (C=O) groups excluding carboxylic acids is 2. The number of hydrogen-bond acceptors (Lipinski definition) is 5. The normalized spacial score (nSPS) is 12.8. The smallest absolute Gasteiger partial charge is 0.254 e. The molecule has 1 fully saturated rings. The highest BCUT2D eigenvalue weighted by molar-refractivity contribution is 5.97. The second kappa shape index (κ2) is 14.9. The van der Waals surface area contributed by atoms with E-state index < -0.39 is 0 Å². The summed E-state index contributed by atoms with van der Waals surface area (Å²) in [6.07, 6.45) is 0. The maximum absolute atomic E-state index is 14.0. The van der Waals surface area contributed by atoms with Crippen LogP contribution >= 0.6 is 0 Å². The summed E-state index contributed by atoms with van der Waals surface area (Å²) in [5.41, 5.74) is 4.04. The number of hydrogen-bond donors (Lipinski definition) is 0. The third kappa shape index (κ3) is 7.74. The van der Waals surface area contributed by atoms with Crippen molar-refractivity contribution in [3.63, 3.8) is 0 Å². The first kappa shape index (κ1) is 30.5. The fraction of sp³-hybridized carbons (Fsp3) is 0.179. The van der Waals surface area contributed by atoms with Gasteiger partial charge in [0, 0.05) is 37.3 Å². The highest BCUT2D eigenvalue weighted by Gasteiger charge is 2.27. The molecule has 1 aliphatic heterocycles. The average Bonchev–Trinajstić information content (AvgIpc) is 3.13. The molecule has 0 spiro atoms. The molecule has 7 heteroatoms. The van der Waals surface area contributed by atoms with Gasteiger partial charge in [-0.15, -0.1) is 0 Å². The summed E-state index contributed by atoms with van der Waals surface area (Å²) in [6.45, 7) is 2.62. The molecular formula is C39H36N2O5. The van der Waals surface area contributed by atoms with Crippen molar-refractivity contribution in [2.24, 2.45) is 0 Å². The van der Waals surface area contributed by atoms with E-state index in [1.54, 1.807) is 21.9 Å². The summed E-state index contributed by atoms with van der Waals surface area (Å²) < 4.78 is 19.1. The van der Waals surface area contributed by atoms with Gasteiger partial charge < -0.3 is 24.0 Å². The number of benzene rings is 5. The zero-order chi connectivity index (χ0) is 31.6. The molecule has 0 N–H and O–H groups in total. The molecule has 2 amide bonds. The summed E-state index contributed by atoms with van der Waals surface area (Å²) in [5, 5.41) is 0. The predicted molar refractivity (Wildman–Crippen MR) is 177 cm³/mol. The lowest BCUT2D eigenvalue weighted by molar-refractivity contribution is 0.0535. The standard InChI is InChI=1S/C39H36N2O5/c42-38(33-19-11-4-12-20-33)40-21-23-41(24-22-40)39(43)34-25-35(44-27-30-13-5-1-6-14-30)37(46-29-32-17-9-3-10-18-32)36(26-34)45-28-31-15-7-2-8-16-31/h1-20,25-26H,21-24,27-29H2. The molecule has 7 nitrogen and oxygen atoms in total. The van der Waals surface area contributed by atoms with Gasteiger partial charge in [-0.2, -0.15) is 0 Å². The molecule has 232 valence electrons. The van der Waals surface area contributed by atoms with Gasteiger partial charge in [-0.3, -0.25) is 9.59 Å². The van der Waals surface area contributed by atoms with Crippen molar-refractivity contribution in [1.29, 1.82) is 0 Å². The molecule has 0 saturated carbocycles. The quantitative estimate of drug-likeness (QED) is 0.160. The number of nitrogens with zero attached hydrogens (tertiary/aromatic N) is 2. The lowest BCUT2D eigenvalue weighted by atomic mass is 10.1. The van der Waals surface area contributed by atoms with E-state index in [0.29, 0.717) is 74.4 Å². The maximum Gasteiger partial charge on any atom is 0.254 e. The summed E-state index contributed by atoms with van der Waals surface area (Å²) in [6, 6.07) is 42.3. The Morgan fingerprint density at radius 1 is 0.457 bits per heavy atom. The average molecular weight is 613 g/mol. The fourth-order valence-electron chi connectivity index (χ4n) is 5.32. The van der Waals surface area contributed by atoms with Gasteiger partial charge in [0.15, 0.2) is 11.5 Å². The molecular weight excluding hydrogens is 576 g/mol. The molecule has 5 aromatic rings. The zero-order valence-corrected chi connectivity index (χ0v) is 25.6. The lowest BCUT2D eigenvalue weighted by Gasteiger charge is -2.35. The van der Waals surface area contributed by atoms with Crippen LogP contribution < -0.4 is 14.2 Å². The topological polar surface area (TPSA) is 68.3 Å². The fourth-order valence-corrected chi connectivity index (χ4v) is 5.32. The maximum atomic E-state index is 14.0. The Morgan fingerprint density at radius 3 is 1.22 bits per heavy atom. The molecule has 0 bridgehead atoms. The van der Waals surface area contributed by atoms with Crippen molar-refractivity contribution in [3.05, 3.63) is 161 Å². The first-order valence-electron chi connectivity index (χ1n) is 15.5. The van der Waals surface area contributed by atoms with Crippen molar-refractivity contribution >= 4 is 11.8 Å². The second-order valence-electron chi connectivity index (χ2n) is 11.1. The second-order valence-corrected chi connectivity index (χ2v) is 11.1. The van der Waals surface area contributed by atoms with Crippen LogP contribution in [0.4, 0.5) is 0 Å². The minimum absolute atomic E-state index is 0.0270. The Kier molecular flexibility index (Phi) is 9.90. The zero-order valence-electron chi connectivity index (χ0n) is 25.6. The predicted octanol–water partition coefficient (Wildman–Crippen LogP) is 7.02. The number of ether oxygens (including phenoxy) is 3. The molecule has 1 saturated heterocycles. The monoisotopic (exact) mass is 612 g/mol. The van der Waals surface area contributed by atoms with Gasteiger partial charge in [-0.1, -0.05) is 109 Å². The Labute approximate surface area is 269 Å². The number of rotatable bonds is 11. The summed E-state index contributed by atoms with van der Waals surface area (Å²) in [4.78, 5) is 30.5. The van der Waals surface area contributed by atoms with Crippen LogP contribution in [0.2, 0.25) is 0 Å². The van der Waals surface area contributed by atoms with Crippen LogP contribution in [-0.4, -0.2) is 47.8 Å². The van der Waals surface area contributed by atoms with E-state index in [4.69, 9.17) is 14.2 Å². The van der Waals surface area contributed by atoms with E-state index in [1.165, 1.54) is 0 Å². The van der Waals surface area contributed by atoms with Crippen LogP contribution in [-0.2, 0) is 19.8 Å². The summed E-state index contributed by atoms with van der Waals surface area (Å²) >= 11 is 0. The van der Waals surface area contributed by atoms with Gasteiger partial charge in [0.1, 0.15) is 19.8 Å². The van der Waals surface area contributed by atoms with Crippen LogP contribution in [0.15, 0.2) is 133 Å². The van der Waals surface area contributed by atoms with Gasteiger partial charge >= 0.3 is 0 Å². The van der Waals surface area contributed by atoms with E-state index in [1.807, 2.05) is 121 Å². The Bertz CT molecular complexity index is 1660. The first-order chi connectivity index (χ1) is 22.6. The van der Waals surface area contributed by atoms with Gasteiger partial charge in [0.25, 0.3) is 11.8 Å². The number of amides is 2. The van der Waals surface area contributed by atoms with E-state index in [0.717, 1.165) is 16.7 Å². The minimum Gasteiger partial charge on any atom is -0.485 e. The molecule has 0 radical (unpaired) electrons. The summed E-state index contributed by atoms with van der Waals surface area (Å²) in [5.74, 6) is 1.10. The lowest BCUT2D eigenvalue weighted by Crippen LogP contribution is -2.50. The van der Waals surface area contributed by atoms with Crippen molar-refractivity contribution in [2.75, 3.05) is 26.2 Å². The van der Waals surface area contributed by atoms with Gasteiger partial charge in [-0.25, -0.2) is 0 Å². The van der Waals surface area contributed by atoms with Gasteiger partial charge in [0.2, 0.25) is 5.75 Å². The third-order valence-corrected chi connectivity index (χ3v) is 7.84. The van der Waals surface area contributed by atoms with E-state index in [9.17, 15) is 9.59 Å². The Hall–Kier alpha value is -5.56. The van der Waals surface area contributed by atoms with Gasteiger partial charge in [0.05, 0.1) is 0 Å². The molecule has 6 rings (SSSR count). The van der Waals surface area contributed by atoms with Crippen molar-refractivity contribution in [2.45, 2.75) is 19.8 Å². The molecule has 0 aliphatic carbocycles. The van der Waals surface area contributed by atoms with Crippen molar-refractivity contribution < 1.29 is 23.8 Å². The SMILES string of the molecule is O=C(c1ccccc1)N1CCN(C(=O)c2cc(OCc3ccccc3)c(OCc3ccccc3)c(OCc3ccccc3)c2)CC1. The molecule has 1 aliphatic rings. The summed E-state index contributed by atoms with van der Waals surface area (Å²) in [7, 11) is 0. The van der Waals surface area contributed by atoms with Crippen LogP contribution in [0.5, 0.6) is 17.2 Å². The first-order valence-corrected chi connectivity index (χ1v) is 15.5. The van der Waals surface area contributed by atoms with Crippen LogP contribution in [0.1, 0.15) is 37.4 Å². The van der Waals surface area contributed by atoms with E-state index >= 15 is 0 Å².